The Kier molecular flexibility index (Phi) is 5.78. The fourth-order valence-electron chi connectivity index (χ4n) is 1.80. The molecule has 1 rings (SSSR count). The minimum Gasteiger partial charge on any atom is -0.395 e. The maximum atomic E-state index is 12.3. The summed E-state index contributed by atoms with van der Waals surface area (Å²) in [5.74, 6) is 0. The Morgan fingerprint density at radius 3 is 2.52 bits per heavy atom. The molecule has 0 heterocycles. The summed E-state index contributed by atoms with van der Waals surface area (Å²) in [6, 6.07) is 1.50. The molecule has 0 saturated carbocycles. The molecule has 0 aromatic heterocycles. The number of methoxy groups -OCH3 is 1. The molecule has 0 radical (unpaired) electrons. The molecule has 0 fully saturated rings. The largest absolute Gasteiger partial charge is 0.395 e. The molecule has 2 N–H and O–H groups in total. The lowest BCUT2D eigenvalue weighted by atomic mass is 10.1. The number of nitrogens with one attached hydrogen (secondary N) is 1. The van der Waals surface area contributed by atoms with Crippen LogP contribution < -0.4 is 4.72 Å². The van der Waals surface area contributed by atoms with Crippen molar-refractivity contribution in [2.45, 2.75) is 24.8 Å². The zero-order valence-corrected chi connectivity index (χ0v) is 12.8. The molecule has 0 saturated heterocycles. The van der Waals surface area contributed by atoms with Gasteiger partial charge in [0.15, 0.2) is 0 Å². The van der Waals surface area contributed by atoms with Gasteiger partial charge in [-0.3, -0.25) is 10.1 Å². The maximum Gasteiger partial charge on any atom is 0.271 e. The second-order valence-electron chi connectivity index (χ2n) is 4.60. The van der Waals surface area contributed by atoms with Crippen LogP contribution in [0.4, 0.5) is 5.69 Å². The number of sulfonamides is 1. The first-order valence-corrected chi connectivity index (χ1v) is 7.59. The molecule has 1 aromatic rings. The van der Waals surface area contributed by atoms with Gasteiger partial charge in [0.2, 0.25) is 10.0 Å². The maximum absolute atomic E-state index is 12.3. The number of non-ortho nitro benzene ring substituents is 1. The van der Waals surface area contributed by atoms with Gasteiger partial charge in [-0.05, 0) is 25.0 Å². The van der Waals surface area contributed by atoms with Crippen LogP contribution in [-0.4, -0.2) is 44.8 Å². The van der Waals surface area contributed by atoms with Gasteiger partial charge in [-0.2, -0.15) is 0 Å². The summed E-state index contributed by atoms with van der Waals surface area (Å²) in [7, 11) is -2.62. The molecular weight excluding hydrogens is 300 g/mol. The van der Waals surface area contributed by atoms with Crippen molar-refractivity contribution in [3.63, 3.8) is 0 Å². The van der Waals surface area contributed by atoms with Crippen molar-refractivity contribution in [1.82, 2.24) is 4.72 Å². The highest BCUT2D eigenvalue weighted by atomic mass is 32.2. The van der Waals surface area contributed by atoms with E-state index in [0.29, 0.717) is 11.1 Å². The van der Waals surface area contributed by atoms with Gasteiger partial charge in [0.1, 0.15) is 0 Å². The number of benzene rings is 1. The number of nitrogens with zero attached hydrogens (tertiary/aromatic N) is 1. The topological polar surface area (TPSA) is 119 Å². The Balaban J connectivity index is 3.27. The molecule has 1 unspecified atom stereocenters. The number of aliphatic hydroxyl groups is 1. The van der Waals surface area contributed by atoms with E-state index in [9.17, 15) is 18.5 Å². The minimum absolute atomic E-state index is 0.0112. The van der Waals surface area contributed by atoms with Crippen molar-refractivity contribution in [1.29, 1.82) is 0 Å². The average Bonchev–Trinajstić information content (AvgIpc) is 2.40. The smallest absolute Gasteiger partial charge is 0.271 e. The normalized spacial score (nSPS) is 13.1. The van der Waals surface area contributed by atoms with Crippen LogP contribution in [0.15, 0.2) is 17.0 Å². The van der Waals surface area contributed by atoms with E-state index in [2.05, 4.69) is 4.72 Å². The van der Waals surface area contributed by atoms with Crippen molar-refractivity contribution >= 4 is 15.7 Å². The Bertz CT molecular complexity index is 629. The third-order valence-corrected chi connectivity index (χ3v) is 4.66. The predicted octanol–water partition coefficient (Wildman–Crippen LogP) is 0.497. The second kappa shape index (κ2) is 6.94. The molecule has 0 spiro atoms. The molecule has 9 heteroatoms. The van der Waals surface area contributed by atoms with Crippen LogP contribution >= 0.6 is 0 Å². The van der Waals surface area contributed by atoms with Crippen molar-refractivity contribution in [2.24, 2.45) is 0 Å². The lowest BCUT2D eigenvalue weighted by Crippen LogP contribution is -2.40. The van der Waals surface area contributed by atoms with Crippen LogP contribution in [0.3, 0.4) is 0 Å². The van der Waals surface area contributed by atoms with E-state index in [0.717, 1.165) is 6.07 Å². The second-order valence-corrected chi connectivity index (χ2v) is 6.28. The van der Waals surface area contributed by atoms with E-state index >= 15 is 0 Å². The average molecular weight is 318 g/mol. The van der Waals surface area contributed by atoms with Crippen LogP contribution in [0.1, 0.15) is 11.1 Å². The summed E-state index contributed by atoms with van der Waals surface area (Å²) < 4.78 is 31.7. The van der Waals surface area contributed by atoms with Gasteiger partial charge in [0.05, 0.1) is 29.1 Å². The minimum atomic E-state index is -4.00. The predicted molar refractivity (Wildman–Crippen MR) is 75.6 cm³/mol. The lowest BCUT2D eigenvalue weighted by Gasteiger charge is -2.17. The summed E-state index contributed by atoms with van der Waals surface area (Å²) >= 11 is 0. The van der Waals surface area contributed by atoms with Crippen molar-refractivity contribution in [2.75, 3.05) is 20.3 Å². The van der Waals surface area contributed by atoms with Crippen LogP contribution in [0.5, 0.6) is 0 Å². The fraction of sp³-hybridized carbons (Fsp3) is 0.500. The van der Waals surface area contributed by atoms with Gasteiger partial charge in [-0.25, -0.2) is 13.1 Å². The number of nitro groups is 1. The Morgan fingerprint density at radius 2 is 2.05 bits per heavy atom. The molecule has 8 nitrogen and oxygen atoms in total. The van der Waals surface area contributed by atoms with Crippen LogP contribution in [-0.2, 0) is 14.8 Å². The third-order valence-electron chi connectivity index (χ3n) is 3.01. The molecule has 1 atom stereocenters. The van der Waals surface area contributed by atoms with E-state index in [4.69, 9.17) is 9.84 Å². The zero-order valence-electron chi connectivity index (χ0n) is 12.0. The molecule has 0 aliphatic carbocycles. The van der Waals surface area contributed by atoms with Crippen molar-refractivity contribution in [3.05, 3.63) is 33.4 Å². The van der Waals surface area contributed by atoms with Crippen molar-refractivity contribution in [3.8, 4) is 0 Å². The van der Waals surface area contributed by atoms with Crippen LogP contribution in [0.25, 0.3) is 0 Å². The summed E-state index contributed by atoms with van der Waals surface area (Å²) in [5.41, 5.74) is 0.616. The number of nitro benzene ring substituents is 1. The number of ether oxygens (including phenoxy) is 1. The van der Waals surface area contributed by atoms with E-state index in [1.807, 2.05) is 0 Å². The third kappa shape index (κ3) is 4.21. The Morgan fingerprint density at radius 1 is 1.43 bits per heavy atom. The molecule has 0 bridgehead atoms. The van der Waals surface area contributed by atoms with Gasteiger partial charge in [0, 0.05) is 19.2 Å². The van der Waals surface area contributed by atoms with E-state index in [-0.39, 0.29) is 17.2 Å². The fourth-order valence-corrected chi connectivity index (χ4v) is 3.35. The van der Waals surface area contributed by atoms with E-state index in [1.54, 1.807) is 13.8 Å². The summed E-state index contributed by atoms with van der Waals surface area (Å²) in [4.78, 5) is 10.0. The van der Waals surface area contributed by atoms with Crippen LogP contribution in [0, 0.1) is 24.0 Å². The van der Waals surface area contributed by atoms with Gasteiger partial charge in [-0.15, -0.1) is 0 Å². The first-order chi connectivity index (χ1) is 9.72. The highest BCUT2D eigenvalue weighted by Crippen LogP contribution is 2.25. The Hall–Kier alpha value is -1.55. The molecule has 118 valence electrons. The van der Waals surface area contributed by atoms with E-state index < -0.39 is 27.6 Å². The summed E-state index contributed by atoms with van der Waals surface area (Å²) in [5, 5.41) is 20.0. The zero-order chi connectivity index (χ0) is 16.2. The highest BCUT2D eigenvalue weighted by Gasteiger charge is 2.25. The first-order valence-electron chi connectivity index (χ1n) is 6.10. The van der Waals surface area contributed by atoms with Crippen molar-refractivity contribution < 1.29 is 23.2 Å². The number of hydrogen-bond donors (Lipinski definition) is 2. The quantitative estimate of drug-likeness (QED) is 0.558. The molecule has 21 heavy (non-hydrogen) atoms. The molecule has 0 amide bonds. The Labute approximate surface area is 122 Å². The monoisotopic (exact) mass is 318 g/mol. The van der Waals surface area contributed by atoms with Gasteiger partial charge < -0.3 is 9.84 Å². The van der Waals surface area contributed by atoms with Gasteiger partial charge >= 0.3 is 0 Å². The highest BCUT2D eigenvalue weighted by molar-refractivity contribution is 7.89. The number of rotatable bonds is 7. The van der Waals surface area contributed by atoms with E-state index in [1.165, 1.54) is 13.2 Å². The summed E-state index contributed by atoms with van der Waals surface area (Å²) in [6.45, 7) is 2.71. The summed E-state index contributed by atoms with van der Waals surface area (Å²) in [6.07, 6.45) is 0. The van der Waals surface area contributed by atoms with Crippen LogP contribution in [0.2, 0.25) is 0 Å². The SMILES string of the molecule is COCC(CO)NS(=O)(=O)c1cc([N+](=O)[O-])cc(C)c1C. The lowest BCUT2D eigenvalue weighted by molar-refractivity contribution is -0.385. The molecule has 0 aliphatic heterocycles. The van der Waals surface area contributed by atoms with Gasteiger partial charge in [-0.1, -0.05) is 0 Å². The molecule has 0 aliphatic rings. The van der Waals surface area contributed by atoms with Gasteiger partial charge in [0.25, 0.3) is 5.69 Å². The number of aliphatic hydroxyl groups excluding tert-OH is 1. The number of aryl methyl sites for hydroxylation is 1. The standard InChI is InChI=1S/C12H18N2O6S/c1-8-4-11(14(16)17)5-12(9(8)2)21(18,19)13-10(6-15)7-20-3/h4-5,10,13,15H,6-7H2,1-3H3. The number of hydrogen-bond acceptors (Lipinski definition) is 6. The molecular formula is C12H18N2O6S. The first kappa shape index (κ1) is 17.5. The molecule has 1 aromatic carbocycles.